The zero-order valence-corrected chi connectivity index (χ0v) is 12.6. The molecule has 102 valence electrons. The van der Waals surface area contributed by atoms with Crippen LogP contribution in [-0.2, 0) is 19.3 Å². The van der Waals surface area contributed by atoms with Crippen LogP contribution in [0.5, 0.6) is 0 Å². The highest BCUT2D eigenvalue weighted by Crippen LogP contribution is 2.21. The highest BCUT2D eigenvalue weighted by molar-refractivity contribution is 5.36. The second kappa shape index (κ2) is 9.19. The molecule has 18 heavy (non-hydrogen) atoms. The molecule has 0 spiro atoms. The lowest BCUT2D eigenvalue weighted by atomic mass is 9.91. The van der Waals surface area contributed by atoms with E-state index >= 15 is 0 Å². The van der Waals surface area contributed by atoms with Crippen LogP contribution in [0.2, 0.25) is 0 Å². The molecule has 1 rings (SSSR count). The minimum atomic E-state index is 1.27. The first-order chi connectivity index (χ1) is 8.83. The molecule has 1 aromatic rings. The summed E-state index contributed by atoms with van der Waals surface area (Å²) in [5.41, 5.74) is 4.93. The summed E-state index contributed by atoms with van der Waals surface area (Å²) in [7, 11) is 0. The van der Waals surface area contributed by atoms with Crippen LogP contribution in [0.3, 0.4) is 0 Å². The highest BCUT2D eigenvalue weighted by atomic mass is 14.1. The summed E-state index contributed by atoms with van der Waals surface area (Å²) in [6, 6.07) is 6.98. The van der Waals surface area contributed by atoms with Gasteiger partial charge in [-0.25, -0.2) is 0 Å². The summed E-state index contributed by atoms with van der Waals surface area (Å²) < 4.78 is 0. The zero-order valence-electron chi connectivity index (χ0n) is 12.6. The van der Waals surface area contributed by atoms with Crippen LogP contribution in [-0.4, -0.2) is 0 Å². The van der Waals surface area contributed by atoms with Crippen LogP contribution in [0, 0.1) is 0 Å². The summed E-state index contributed by atoms with van der Waals surface area (Å²) in [6.07, 6.45) is 11.7. The van der Waals surface area contributed by atoms with E-state index in [9.17, 15) is 0 Å². The Morgan fingerprint density at radius 2 is 1.11 bits per heavy atom. The second-order valence-electron chi connectivity index (χ2n) is 5.37. The third kappa shape index (κ3) is 4.84. The third-order valence-corrected chi connectivity index (χ3v) is 3.75. The van der Waals surface area contributed by atoms with Gasteiger partial charge in [-0.2, -0.15) is 0 Å². The van der Waals surface area contributed by atoms with Gasteiger partial charge in [-0.1, -0.05) is 58.2 Å². The Balaban J connectivity index is 2.85. The molecule has 0 aliphatic rings. The van der Waals surface area contributed by atoms with Gasteiger partial charge < -0.3 is 0 Å². The molecular weight excluding hydrogens is 216 g/mol. The number of hydrogen-bond donors (Lipinski definition) is 0. The van der Waals surface area contributed by atoms with Gasteiger partial charge in [0.25, 0.3) is 0 Å². The van der Waals surface area contributed by atoms with Crippen molar-refractivity contribution in [3.63, 3.8) is 0 Å². The Morgan fingerprint density at radius 1 is 0.667 bits per heavy atom. The topological polar surface area (TPSA) is 0 Å². The first kappa shape index (κ1) is 15.3. The standard InChI is InChI=1S/C18H30/c1-4-7-11-16-13-10-14-17(12-8-5-2)18(16)15-9-6-3/h10,13-14H,4-9,11-12,15H2,1-3H3. The summed E-state index contributed by atoms with van der Waals surface area (Å²) in [6.45, 7) is 6.86. The smallest absolute Gasteiger partial charge is 0.0274 e. The predicted molar refractivity (Wildman–Crippen MR) is 82.3 cm³/mol. The SMILES string of the molecule is CCCCc1cccc(CCCC)c1CCCC. The van der Waals surface area contributed by atoms with Crippen molar-refractivity contribution in [2.45, 2.75) is 78.6 Å². The van der Waals surface area contributed by atoms with E-state index in [4.69, 9.17) is 0 Å². The molecule has 0 aromatic heterocycles. The first-order valence-electron chi connectivity index (χ1n) is 7.93. The average molecular weight is 246 g/mol. The van der Waals surface area contributed by atoms with Crippen LogP contribution < -0.4 is 0 Å². The Hall–Kier alpha value is -0.780. The highest BCUT2D eigenvalue weighted by Gasteiger charge is 2.07. The minimum absolute atomic E-state index is 1.27. The van der Waals surface area contributed by atoms with Crippen molar-refractivity contribution in [2.75, 3.05) is 0 Å². The molecule has 0 heterocycles. The van der Waals surface area contributed by atoms with Crippen LogP contribution >= 0.6 is 0 Å². The van der Waals surface area contributed by atoms with Crippen LogP contribution in [0.4, 0.5) is 0 Å². The van der Waals surface area contributed by atoms with Crippen molar-refractivity contribution in [1.82, 2.24) is 0 Å². The molecule has 0 heteroatoms. The predicted octanol–water partition coefficient (Wildman–Crippen LogP) is 5.71. The zero-order chi connectivity index (χ0) is 13.2. The summed E-state index contributed by atoms with van der Waals surface area (Å²) >= 11 is 0. The average Bonchev–Trinajstić information content (AvgIpc) is 2.41. The van der Waals surface area contributed by atoms with E-state index in [1.807, 2.05) is 0 Å². The van der Waals surface area contributed by atoms with Crippen molar-refractivity contribution in [2.24, 2.45) is 0 Å². The lowest BCUT2D eigenvalue weighted by molar-refractivity contribution is 0.735. The number of aryl methyl sites for hydroxylation is 2. The van der Waals surface area contributed by atoms with Gasteiger partial charge in [-0.15, -0.1) is 0 Å². The summed E-state index contributed by atoms with van der Waals surface area (Å²) in [5.74, 6) is 0. The maximum absolute atomic E-state index is 2.36. The molecule has 0 aliphatic carbocycles. The number of rotatable bonds is 9. The fourth-order valence-electron chi connectivity index (χ4n) is 2.57. The van der Waals surface area contributed by atoms with E-state index in [0.717, 1.165) is 0 Å². The van der Waals surface area contributed by atoms with Gasteiger partial charge in [-0.05, 0) is 55.2 Å². The molecule has 1 aromatic carbocycles. The Morgan fingerprint density at radius 3 is 1.56 bits per heavy atom. The third-order valence-electron chi connectivity index (χ3n) is 3.75. The number of hydrogen-bond acceptors (Lipinski definition) is 0. The van der Waals surface area contributed by atoms with E-state index in [-0.39, 0.29) is 0 Å². The lowest BCUT2D eigenvalue weighted by Gasteiger charge is -2.14. The van der Waals surface area contributed by atoms with Gasteiger partial charge in [0.15, 0.2) is 0 Å². The quantitative estimate of drug-likeness (QED) is 0.523. The molecule has 0 atom stereocenters. The molecule has 0 saturated heterocycles. The van der Waals surface area contributed by atoms with Gasteiger partial charge in [0.05, 0.1) is 0 Å². The van der Waals surface area contributed by atoms with Gasteiger partial charge in [0.2, 0.25) is 0 Å². The molecule has 0 saturated carbocycles. The fourth-order valence-corrected chi connectivity index (χ4v) is 2.57. The van der Waals surface area contributed by atoms with Crippen molar-refractivity contribution >= 4 is 0 Å². The lowest BCUT2D eigenvalue weighted by Crippen LogP contribution is -2.01. The molecule has 0 nitrogen and oxygen atoms in total. The Labute approximate surface area is 114 Å². The minimum Gasteiger partial charge on any atom is -0.0654 e. The molecule has 0 amide bonds. The van der Waals surface area contributed by atoms with E-state index in [1.165, 1.54) is 57.8 Å². The molecule has 0 fully saturated rings. The maximum atomic E-state index is 2.36. The van der Waals surface area contributed by atoms with Crippen LogP contribution in [0.15, 0.2) is 18.2 Å². The summed E-state index contributed by atoms with van der Waals surface area (Å²) in [4.78, 5) is 0. The monoisotopic (exact) mass is 246 g/mol. The number of unbranched alkanes of at least 4 members (excludes halogenated alkanes) is 3. The maximum Gasteiger partial charge on any atom is -0.0274 e. The summed E-state index contributed by atoms with van der Waals surface area (Å²) in [5, 5.41) is 0. The molecule has 0 aliphatic heterocycles. The van der Waals surface area contributed by atoms with Gasteiger partial charge in [0, 0.05) is 0 Å². The second-order valence-corrected chi connectivity index (χ2v) is 5.37. The largest absolute Gasteiger partial charge is 0.0654 e. The Bertz CT molecular complexity index is 299. The molecule has 0 radical (unpaired) electrons. The van der Waals surface area contributed by atoms with Gasteiger partial charge in [0.1, 0.15) is 0 Å². The fraction of sp³-hybridized carbons (Fsp3) is 0.667. The van der Waals surface area contributed by atoms with Crippen molar-refractivity contribution in [3.8, 4) is 0 Å². The van der Waals surface area contributed by atoms with Crippen molar-refractivity contribution in [3.05, 3.63) is 34.9 Å². The molecule has 0 N–H and O–H groups in total. The normalized spacial score (nSPS) is 10.8. The van der Waals surface area contributed by atoms with Crippen molar-refractivity contribution < 1.29 is 0 Å². The van der Waals surface area contributed by atoms with E-state index in [0.29, 0.717) is 0 Å². The molecule has 0 bridgehead atoms. The molecule has 0 unspecified atom stereocenters. The van der Waals surface area contributed by atoms with E-state index in [1.54, 1.807) is 16.7 Å². The van der Waals surface area contributed by atoms with E-state index < -0.39 is 0 Å². The van der Waals surface area contributed by atoms with Crippen LogP contribution in [0.25, 0.3) is 0 Å². The van der Waals surface area contributed by atoms with Crippen LogP contribution in [0.1, 0.15) is 76.0 Å². The van der Waals surface area contributed by atoms with Gasteiger partial charge >= 0.3 is 0 Å². The first-order valence-corrected chi connectivity index (χ1v) is 7.93. The van der Waals surface area contributed by atoms with E-state index in [2.05, 4.69) is 39.0 Å². The Kier molecular flexibility index (Phi) is 7.80. The van der Waals surface area contributed by atoms with Gasteiger partial charge in [-0.3, -0.25) is 0 Å². The molecular formula is C18H30. The number of benzene rings is 1. The van der Waals surface area contributed by atoms with Crippen molar-refractivity contribution in [1.29, 1.82) is 0 Å².